The average Bonchev–Trinajstić information content (AvgIpc) is 2.57. The van der Waals surface area contributed by atoms with E-state index >= 15 is 0 Å². The molecule has 1 aromatic rings. The van der Waals surface area contributed by atoms with Gasteiger partial charge in [-0.3, -0.25) is 5.41 Å². The van der Waals surface area contributed by atoms with E-state index in [4.69, 9.17) is 11.1 Å². The molecule has 1 heterocycles. The van der Waals surface area contributed by atoms with Crippen LogP contribution in [0.4, 0.5) is 5.82 Å². The molecule has 0 spiro atoms. The van der Waals surface area contributed by atoms with E-state index in [2.05, 4.69) is 16.0 Å². The second-order valence-electron chi connectivity index (χ2n) is 6.81. The van der Waals surface area contributed by atoms with Gasteiger partial charge in [0.15, 0.2) is 0 Å². The molecule has 4 nitrogen and oxygen atoms in total. The van der Waals surface area contributed by atoms with Gasteiger partial charge in [-0.15, -0.1) is 0 Å². The van der Waals surface area contributed by atoms with Crippen molar-refractivity contribution in [1.29, 1.82) is 5.41 Å². The van der Waals surface area contributed by atoms with Crippen molar-refractivity contribution in [3.63, 3.8) is 0 Å². The highest BCUT2D eigenvalue weighted by Gasteiger charge is 2.29. The molecule has 0 atom stereocenters. The van der Waals surface area contributed by atoms with E-state index < -0.39 is 0 Å². The number of hydrogen-bond acceptors (Lipinski definition) is 3. The van der Waals surface area contributed by atoms with Crippen LogP contribution in [0.15, 0.2) is 18.3 Å². The predicted octanol–water partition coefficient (Wildman–Crippen LogP) is 3.84. The Balaban J connectivity index is 1.84. The van der Waals surface area contributed by atoms with Gasteiger partial charge in [0.1, 0.15) is 11.7 Å². The van der Waals surface area contributed by atoms with Crippen molar-refractivity contribution in [3.8, 4) is 0 Å². The van der Waals surface area contributed by atoms with Crippen LogP contribution in [-0.4, -0.2) is 22.9 Å². The molecule has 2 aliphatic carbocycles. The van der Waals surface area contributed by atoms with Gasteiger partial charge in [0, 0.05) is 23.8 Å². The summed E-state index contributed by atoms with van der Waals surface area (Å²) in [6.07, 6.45) is 15.1. The van der Waals surface area contributed by atoms with Gasteiger partial charge in [0.25, 0.3) is 0 Å². The van der Waals surface area contributed by atoms with Gasteiger partial charge in [-0.25, -0.2) is 4.98 Å². The van der Waals surface area contributed by atoms with Crippen molar-refractivity contribution in [1.82, 2.24) is 4.98 Å². The maximum absolute atomic E-state index is 7.53. The molecule has 0 amide bonds. The second-order valence-corrected chi connectivity index (χ2v) is 6.81. The fourth-order valence-electron chi connectivity index (χ4n) is 4.09. The van der Waals surface area contributed by atoms with Crippen LogP contribution >= 0.6 is 0 Å². The highest BCUT2D eigenvalue weighted by Crippen LogP contribution is 2.33. The lowest BCUT2D eigenvalue weighted by Gasteiger charge is -2.42. The first-order chi connectivity index (χ1) is 10.8. The van der Waals surface area contributed by atoms with Crippen molar-refractivity contribution >= 4 is 11.7 Å². The number of nitrogens with two attached hydrogens (primary N) is 1. The molecule has 0 radical (unpaired) electrons. The molecule has 2 fully saturated rings. The number of rotatable bonds is 4. The van der Waals surface area contributed by atoms with E-state index in [9.17, 15) is 0 Å². The third-order valence-electron chi connectivity index (χ3n) is 5.26. The van der Waals surface area contributed by atoms with Crippen LogP contribution < -0.4 is 10.6 Å². The zero-order chi connectivity index (χ0) is 15.4. The summed E-state index contributed by atoms with van der Waals surface area (Å²) < 4.78 is 0. The Labute approximate surface area is 133 Å². The minimum atomic E-state index is 0.0981. The lowest BCUT2D eigenvalue weighted by Crippen LogP contribution is -2.45. The largest absolute Gasteiger partial charge is 0.384 e. The number of anilines is 1. The number of nitrogen functional groups attached to an aromatic ring is 1. The Morgan fingerprint density at radius 1 is 0.955 bits per heavy atom. The van der Waals surface area contributed by atoms with Crippen molar-refractivity contribution in [2.45, 2.75) is 76.3 Å². The number of aromatic nitrogens is 1. The molecule has 0 saturated heterocycles. The van der Waals surface area contributed by atoms with E-state index in [0.717, 1.165) is 11.4 Å². The SMILES string of the molecule is N=C(N)c1ccc(N(C2CCCCC2)C2CCCCC2)nc1. The Bertz CT molecular complexity index is 466. The van der Waals surface area contributed by atoms with E-state index in [0.29, 0.717) is 12.1 Å². The molecule has 0 aliphatic heterocycles. The first-order valence-corrected chi connectivity index (χ1v) is 8.84. The smallest absolute Gasteiger partial charge is 0.129 e. The van der Waals surface area contributed by atoms with Gasteiger partial charge in [-0.2, -0.15) is 0 Å². The summed E-state index contributed by atoms with van der Waals surface area (Å²) in [6, 6.07) is 5.31. The highest BCUT2D eigenvalue weighted by atomic mass is 15.2. The minimum Gasteiger partial charge on any atom is -0.384 e. The summed E-state index contributed by atoms with van der Waals surface area (Å²) in [5.41, 5.74) is 6.27. The second kappa shape index (κ2) is 7.12. The maximum Gasteiger partial charge on any atom is 0.129 e. The van der Waals surface area contributed by atoms with E-state index in [1.54, 1.807) is 6.20 Å². The standard InChI is InChI=1S/C18H28N4/c19-18(20)14-11-12-17(21-13-14)22(15-7-3-1-4-8-15)16-9-5-2-6-10-16/h11-13,15-16H,1-10H2,(H3,19,20). The van der Waals surface area contributed by atoms with Gasteiger partial charge < -0.3 is 10.6 Å². The van der Waals surface area contributed by atoms with Crippen molar-refractivity contribution in [3.05, 3.63) is 23.9 Å². The molecule has 0 aromatic carbocycles. The first kappa shape index (κ1) is 15.3. The topological polar surface area (TPSA) is 66.0 Å². The number of pyridine rings is 1. The molecule has 2 aliphatic rings. The van der Waals surface area contributed by atoms with Crippen LogP contribution in [-0.2, 0) is 0 Å². The third-order valence-corrected chi connectivity index (χ3v) is 5.26. The van der Waals surface area contributed by atoms with Crippen LogP contribution in [0.3, 0.4) is 0 Å². The number of nitrogens with one attached hydrogen (secondary N) is 1. The molecular formula is C18H28N4. The summed E-state index contributed by atoms with van der Waals surface area (Å²) in [5, 5.41) is 7.53. The third kappa shape index (κ3) is 3.42. The number of nitrogens with zero attached hydrogens (tertiary/aromatic N) is 2. The Kier molecular flexibility index (Phi) is 4.96. The normalized spacial score (nSPS) is 20.7. The van der Waals surface area contributed by atoms with Crippen molar-refractivity contribution < 1.29 is 0 Å². The fraction of sp³-hybridized carbons (Fsp3) is 0.667. The quantitative estimate of drug-likeness (QED) is 0.656. The van der Waals surface area contributed by atoms with Crippen LogP contribution in [0.25, 0.3) is 0 Å². The van der Waals surface area contributed by atoms with Gasteiger partial charge in [0.05, 0.1) is 0 Å². The summed E-state index contributed by atoms with van der Waals surface area (Å²) in [5.74, 6) is 1.18. The number of hydrogen-bond donors (Lipinski definition) is 2. The van der Waals surface area contributed by atoms with E-state index in [1.807, 2.05) is 6.07 Å². The molecule has 0 bridgehead atoms. The summed E-state index contributed by atoms with van der Waals surface area (Å²) >= 11 is 0. The summed E-state index contributed by atoms with van der Waals surface area (Å²) in [4.78, 5) is 7.27. The molecule has 3 rings (SSSR count). The maximum atomic E-state index is 7.53. The molecule has 120 valence electrons. The lowest BCUT2D eigenvalue weighted by atomic mass is 9.88. The van der Waals surface area contributed by atoms with Crippen molar-refractivity contribution in [2.24, 2.45) is 5.73 Å². The Morgan fingerprint density at radius 3 is 1.91 bits per heavy atom. The zero-order valence-electron chi connectivity index (χ0n) is 13.4. The molecule has 4 heteroatoms. The monoisotopic (exact) mass is 300 g/mol. The molecule has 3 N–H and O–H groups in total. The fourth-order valence-corrected chi connectivity index (χ4v) is 4.09. The van der Waals surface area contributed by atoms with Crippen LogP contribution in [0.5, 0.6) is 0 Å². The zero-order valence-corrected chi connectivity index (χ0v) is 13.4. The predicted molar refractivity (Wildman–Crippen MR) is 91.5 cm³/mol. The molecule has 22 heavy (non-hydrogen) atoms. The molecular weight excluding hydrogens is 272 g/mol. The first-order valence-electron chi connectivity index (χ1n) is 8.84. The average molecular weight is 300 g/mol. The molecule has 2 saturated carbocycles. The summed E-state index contributed by atoms with van der Waals surface area (Å²) in [6.45, 7) is 0. The Hall–Kier alpha value is -1.58. The van der Waals surface area contributed by atoms with E-state index in [1.165, 1.54) is 64.2 Å². The molecule has 1 aromatic heterocycles. The van der Waals surface area contributed by atoms with Gasteiger partial charge in [0.2, 0.25) is 0 Å². The lowest BCUT2D eigenvalue weighted by molar-refractivity contribution is 0.338. The summed E-state index contributed by atoms with van der Waals surface area (Å²) in [7, 11) is 0. The van der Waals surface area contributed by atoms with Gasteiger partial charge in [-0.05, 0) is 37.8 Å². The van der Waals surface area contributed by atoms with Crippen LogP contribution in [0, 0.1) is 5.41 Å². The Morgan fingerprint density at radius 2 is 1.50 bits per heavy atom. The highest BCUT2D eigenvalue weighted by molar-refractivity contribution is 5.94. The van der Waals surface area contributed by atoms with Gasteiger partial charge >= 0.3 is 0 Å². The van der Waals surface area contributed by atoms with Crippen LogP contribution in [0.2, 0.25) is 0 Å². The van der Waals surface area contributed by atoms with E-state index in [-0.39, 0.29) is 5.84 Å². The minimum absolute atomic E-state index is 0.0981. The molecule has 0 unspecified atom stereocenters. The number of amidine groups is 1. The van der Waals surface area contributed by atoms with Crippen LogP contribution in [0.1, 0.15) is 69.8 Å². The van der Waals surface area contributed by atoms with Gasteiger partial charge in [-0.1, -0.05) is 38.5 Å². The van der Waals surface area contributed by atoms with Crippen molar-refractivity contribution in [2.75, 3.05) is 4.90 Å².